The van der Waals surface area contributed by atoms with Gasteiger partial charge in [0.1, 0.15) is 17.3 Å². The van der Waals surface area contributed by atoms with E-state index in [4.69, 9.17) is 14.1 Å². The first kappa shape index (κ1) is 24.5. The summed E-state index contributed by atoms with van der Waals surface area (Å²) >= 11 is 0. The monoisotopic (exact) mass is 460 g/mol. The van der Waals surface area contributed by atoms with Gasteiger partial charge < -0.3 is 14.1 Å². The van der Waals surface area contributed by atoms with Crippen molar-refractivity contribution in [3.8, 4) is 11.5 Å². The van der Waals surface area contributed by atoms with Crippen LogP contribution in [-0.2, 0) is 9.45 Å². The topological polar surface area (TPSA) is 44.8 Å². The Labute approximate surface area is 198 Å². The molecule has 0 aromatic heterocycles. The van der Waals surface area contributed by atoms with E-state index in [2.05, 4.69) is 0 Å². The van der Waals surface area contributed by atoms with Gasteiger partial charge in [-0.05, 0) is 53.1 Å². The van der Waals surface area contributed by atoms with E-state index in [1.807, 2.05) is 0 Å². The Morgan fingerprint density at radius 1 is 0.735 bits per heavy atom. The van der Waals surface area contributed by atoms with Crippen molar-refractivity contribution in [1.82, 2.24) is 0 Å². The lowest BCUT2D eigenvalue weighted by atomic mass is 9.98. The molecule has 0 aliphatic heterocycles. The van der Waals surface area contributed by atoms with E-state index < -0.39 is 13.3 Å². The number of allylic oxidation sites excluding steroid dienone is 3. The zero-order valence-electron chi connectivity index (χ0n) is 18.8. The highest BCUT2D eigenvalue weighted by Gasteiger charge is 2.23. The van der Waals surface area contributed by atoms with Gasteiger partial charge in [-0.25, -0.2) is 8.63 Å². The van der Waals surface area contributed by atoms with Crippen LogP contribution in [-0.4, -0.2) is 27.5 Å². The molecule has 0 fully saturated rings. The van der Waals surface area contributed by atoms with E-state index in [1.54, 1.807) is 105 Å². The van der Waals surface area contributed by atoms with E-state index in [0.29, 0.717) is 17.1 Å². The highest BCUT2D eigenvalue weighted by molar-refractivity contribution is 6.36. The van der Waals surface area contributed by atoms with Gasteiger partial charge in [-0.3, -0.25) is 4.79 Å². The third kappa shape index (κ3) is 6.94. The first-order chi connectivity index (χ1) is 16.5. The molecule has 0 spiro atoms. The molecule has 0 aliphatic carbocycles. The van der Waals surface area contributed by atoms with Gasteiger partial charge in [-0.1, -0.05) is 66.7 Å². The summed E-state index contributed by atoms with van der Waals surface area (Å²) in [4.78, 5) is 13.2. The van der Waals surface area contributed by atoms with Crippen molar-refractivity contribution in [2.75, 3.05) is 14.2 Å². The Bertz CT molecular complexity index is 1170. The number of hydrogen-bond acceptors (Lipinski definition) is 4. The second-order valence-corrected chi connectivity index (χ2v) is 7.06. The number of methoxy groups -OCH3 is 2. The molecular formula is C27H23BF2O4. The number of benzene rings is 3. The largest absolute Gasteiger partial charge is 0.796 e. The molecule has 7 heteroatoms. The maximum Gasteiger partial charge on any atom is 0.796 e. The summed E-state index contributed by atoms with van der Waals surface area (Å²) in [7, 11) is 0.0156. The summed E-state index contributed by atoms with van der Waals surface area (Å²) in [5.74, 6) is 0.642. The molecule has 0 atom stereocenters. The summed E-state index contributed by atoms with van der Waals surface area (Å²) in [5, 5.41) is 0. The lowest BCUT2D eigenvalue weighted by Gasteiger charge is -2.12. The molecule has 3 rings (SSSR count). The van der Waals surface area contributed by atoms with Crippen LogP contribution in [0.2, 0.25) is 0 Å². The maximum atomic E-state index is 13.3. The van der Waals surface area contributed by atoms with Crippen LogP contribution in [0.4, 0.5) is 8.63 Å². The van der Waals surface area contributed by atoms with Gasteiger partial charge in [-0.2, -0.15) is 0 Å². The molecule has 0 saturated heterocycles. The van der Waals surface area contributed by atoms with Crippen LogP contribution >= 0.6 is 0 Å². The average Bonchev–Trinajstić information content (AvgIpc) is 2.87. The molecule has 34 heavy (non-hydrogen) atoms. The summed E-state index contributed by atoms with van der Waals surface area (Å²) in [5.41, 5.74) is 1.97. The van der Waals surface area contributed by atoms with Gasteiger partial charge in [0.15, 0.2) is 5.78 Å². The molecule has 0 bridgehead atoms. The maximum absolute atomic E-state index is 13.3. The van der Waals surface area contributed by atoms with Crippen LogP contribution in [0.5, 0.6) is 11.5 Å². The summed E-state index contributed by atoms with van der Waals surface area (Å²) in [6.45, 7) is 0. The highest BCUT2D eigenvalue weighted by Crippen LogP contribution is 2.25. The van der Waals surface area contributed by atoms with Crippen LogP contribution in [0.25, 0.3) is 17.7 Å². The average molecular weight is 460 g/mol. The minimum atomic E-state index is -3.10. The lowest BCUT2D eigenvalue weighted by Crippen LogP contribution is -2.09. The molecule has 0 aliphatic rings. The number of rotatable bonds is 10. The Kier molecular flexibility index (Phi) is 8.80. The van der Waals surface area contributed by atoms with Gasteiger partial charge >= 0.3 is 7.47 Å². The second kappa shape index (κ2) is 12.2. The molecule has 3 aromatic carbocycles. The van der Waals surface area contributed by atoms with Crippen molar-refractivity contribution in [1.29, 1.82) is 0 Å². The van der Waals surface area contributed by atoms with E-state index in [0.717, 1.165) is 11.1 Å². The minimum Gasteiger partial charge on any atom is -0.505 e. The molecule has 172 valence electrons. The number of ether oxygens (including phenoxy) is 2. The fraction of sp³-hybridized carbons (Fsp3) is 0.0741. The predicted octanol–water partition coefficient (Wildman–Crippen LogP) is 6.35. The normalized spacial score (nSPS) is 11.9. The first-order valence-electron chi connectivity index (χ1n) is 10.4. The van der Waals surface area contributed by atoms with Crippen molar-refractivity contribution < 1.29 is 27.6 Å². The number of hydrogen-bond donors (Lipinski definition) is 0. The smallest absolute Gasteiger partial charge is 0.505 e. The van der Waals surface area contributed by atoms with Crippen molar-refractivity contribution in [2.45, 2.75) is 0 Å². The standard InChI is InChI=1S/C27H23BF2O4/c1-32-23-14-8-20(9-15-23)12-18-25(31)27(22-6-4-3-5-7-22)26(34-28(29)30)19-13-21-10-16-24(33-2)17-11-21/h3-19H,1-2H3/b18-12+,19-13+,27-26-. The Morgan fingerprint density at radius 3 is 1.71 bits per heavy atom. The van der Waals surface area contributed by atoms with Gasteiger partial charge in [0.05, 0.1) is 19.8 Å². The highest BCUT2D eigenvalue weighted by atomic mass is 19.2. The molecule has 0 radical (unpaired) electrons. The summed E-state index contributed by atoms with van der Waals surface area (Å²) in [6, 6.07) is 22.7. The number of ketones is 1. The van der Waals surface area contributed by atoms with Crippen molar-refractivity contribution >= 4 is 31.0 Å². The zero-order valence-corrected chi connectivity index (χ0v) is 18.8. The predicted molar refractivity (Wildman–Crippen MR) is 131 cm³/mol. The second-order valence-electron chi connectivity index (χ2n) is 7.06. The van der Waals surface area contributed by atoms with Crippen LogP contribution in [0.3, 0.4) is 0 Å². The molecule has 0 heterocycles. The van der Waals surface area contributed by atoms with Crippen molar-refractivity contribution in [3.05, 3.63) is 113 Å². The van der Waals surface area contributed by atoms with E-state index >= 15 is 0 Å². The van der Waals surface area contributed by atoms with Gasteiger partial charge in [0.2, 0.25) is 0 Å². The molecule has 0 saturated carbocycles. The molecule has 0 unspecified atom stereocenters. The lowest BCUT2D eigenvalue weighted by molar-refractivity contribution is -0.109. The number of carbonyl (C=O) groups excluding carboxylic acids is 1. The van der Waals surface area contributed by atoms with Crippen LogP contribution < -0.4 is 9.47 Å². The molecule has 0 N–H and O–H groups in total. The van der Waals surface area contributed by atoms with E-state index in [1.165, 1.54) is 12.2 Å². The summed E-state index contributed by atoms with van der Waals surface area (Å²) < 4.78 is 41.7. The zero-order chi connectivity index (χ0) is 24.3. The molecular weight excluding hydrogens is 437 g/mol. The van der Waals surface area contributed by atoms with Gasteiger partial charge in [0, 0.05) is 0 Å². The fourth-order valence-electron chi connectivity index (χ4n) is 3.15. The van der Waals surface area contributed by atoms with Crippen molar-refractivity contribution in [2.24, 2.45) is 0 Å². The van der Waals surface area contributed by atoms with E-state index in [9.17, 15) is 13.4 Å². The summed E-state index contributed by atoms with van der Waals surface area (Å²) in [6.07, 6.45) is 5.91. The van der Waals surface area contributed by atoms with Gasteiger partial charge in [-0.15, -0.1) is 0 Å². The molecule has 4 nitrogen and oxygen atoms in total. The third-order valence-corrected chi connectivity index (χ3v) is 4.86. The number of carbonyl (C=O) groups is 1. The SMILES string of the molecule is COc1ccc(/C=C/C(=O)/C(=C(/C=C/c2ccc(OC)cc2)OB(F)F)c2ccccc2)cc1. The number of halogens is 2. The first-order valence-corrected chi connectivity index (χ1v) is 10.4. The minimum absolute atomic E-state index is 0.0235. The molecule has 0 amide bonds. The van der Waals surface area contributed by atoms with Gasteiger partial charge in [0.25, 0.3) is 0 Å². The Balaban J connectivity index is 2.01. The fourth-order valence-corrected chi connectivity index (χ4v) is 3.15. The van der Waals surface area contributed by atoms with Crippen LogP contribution in [0, 0.1) is 0 Å². The van der Waals surface area contributed by atoms with Crippen LogP contribution in [0.1, 0.15) is 16.7 Å². The van der Waals surface area contributed by atoms with E-state index in [-0.39, 0.29) is 11.3 Å². The third-order valence-electron chi connectivity index (χ3n) is 4.86. The molecule has 3 aromatic rings. The van der Waals surface area contributed by atoms with Crippen molar-refractivity contribution in [3.63, 3.8) is 0 Å². The Morgan fingerprint density at radius 2 is 1.24 bits per heavy atom. The van der Waals surface area contributed by atoms with Crippen LogP contribution in [0.15, 0.2) is 96.8 Å². The Hall–Kier alpha value is -4.13. The quantitative estimate of drug-likeness (QED) is 0.153.